The lowest BCUT2D eigenvalue weighted by Crippen LogP contribution is -2.30. The number of hydrogen-bond acceptors (Lipinski definition) is 6. The van der Waals surface area contributed by atoms with Crippen LogP contribution in [0.5, 0.6) is 0 Å². The normalized spacial score (nSPS) is 12.2. The SMILES string of the molecule is CC(C)CCCCCCCCCCCCCCCCCCC(=O)OC[C@H](COC(=O)CCCCCCCCC(C)C)OC(=O)CCCCCCCCCCCCCC(C)C. The van der Waals surface area contributed by atoms with Crippen LogP contribution in [-0.2, 0) is 28.6 Å². The first kappa shape index (κ1) is 58.4. The number of unbranched alkanes of at least 4 members (excludes halogenated alkanes) is 30. The van der Waals surface area contributed by atoms with E-state index < -0.39 is 6.10 Å². The van der Waals surface area contributed by atoms with Crippen LogP contribution in [0.2, 0.25) is 0 Å². The minimum Gasteiger partial charge on any atom is -0.462 e. The zero-order chi connectivity index (χ0) is 44.2. The molecule has 0 aromatic carbocycles. The summed E-state index contributed by atoms with van der Waals surface area (Å²) in [6.07, 6.45) is 45.4. The molecule has 0 aromatic heterocycles. The molecule has 0 rings (SSSR count). The summed E-state index contributed by atoms with van der Waals surface area (Å²) in [5.41, 5.74) is 0. The molecule has 60 heavy (non-hydrogen) atoms. The molecule has 0 aliphatic carbocycles. The Kier molecular flexibility index (Phi) is 44.2. The highest BCUT2D eigenvalue weighted by atomic mass is 16.6. The standard InChI is InChI=1S/C54H104O6/c1-48(2)40-34-28-22-18-14-11-9-7-8-10-12-16-20-24-31-37-43-52(55)58-46-51(47-59-53(56)44-38-32-27-26-30-36-42-50(5)6)60-54(57)45-39-33-25-21-17-13-15-19-23-29-35-41-49(3)4/h48-51H,7-47H2,1-6H3/t51-/m1/s1. The first-order valence-corrected chi connectivity index (χ1v) is 26.6. The van der Waals surface area contributed by atoms with Crippen molar-refractivity contribution in [2.75, 3.05) is 13.2 Å². The third-order valence-electron chi connectivity index (χ3n) is 12.1. The minimum atomic E-state index is -0.763. The van der Waals surface area contributed by atoms with Crippen LogP contribution in [0.25, 0.3) is 0 Å². The topological polar surface area (TPSA) is 78.9 Å². The molecule has 356 valence electrons. The van der Waals surface area contributed by atoms with Gasteiger partial charge in [-0.1, -0.05) is 253 Å². The van der Waals surface area contributed by atoms with Gasteiger partial charge in [-0.05, 0) is 37.0 Å². The van der Waals surface area contributed by atoms with E-state index in [0.29, 0.717) is 19.3 Å². The van der Waals surface area contributed by atoms with Crippen molar-refractivity contribution in [2.45, 2.75) is 298 Å². The second-order valence-electron chi connectivity index (χ2n) is 19.9. The Labute approximate surface area is 374 Å². The fourth-order valence-corrected chi connectivity index (χ4v) is 8.12. The van der Waals surface area contributed by atoms with Crippen LogP contribution in [0.4, 0.5) is 0 Å². The molecule has 0 fully saturated rings. The summed E-state index contributed by atoms with van der Waals surface area (Å²) in [5, 5.41) is 0. The molecule has 1 atom stereocenters. The first-order chi connectivity index (χ1) is 29.1. The van der Waals surface area contributed by atoms with Gasteiger partial charge in [0, 0.05) is 19.3 Å². The van der Waals surface area contributed by atoms with E-state index in [9.17, 15) is 14.4 Å². The van der Waals surface area contributed by atoms with Crippen LogP contribution >= 0.6 is 0 Å². The second-order valence-corrected chi connectivity index (χ2v) is 19.9. The third kappa shape index (κ3) is 47.5. The molecule has 0 aliphatic rings. The Balaban J connectivity index is 4.23. The lowest BCUT2D eigenvalue weighted by molar-refractivity contribution is -0.167. The molecule has 6 nitrogen and oxygen atoms in total. The molecule has 6 heteroatoms. The Morgan fingerprint density at radius 3 is 0.717 bits per heavy atom. The number of carbonyl (C=O) groups is 3. The largest absolute Gasteiger partial charge is 0.462 e. The van der Waals surface area contributed by atoms with Crippen molar-refractivity contribution in [1.82, 2.24) is 0 Å². The van der Waals surface area contributed by atoms with Crippen LogP contribution in [0.1, 0.15) is 292 Å². The van der Waals surface area contributed by atoms with Crippen LogP contribution < -0.4 is 0 Å². The molecule has 0 aliphatic heterocycles. The van der Waals surface area contributed by atoms with E-state index in [1.54, 1.807) is 0 Å². The van der Waals surface area contributed by atoms with Crippen molar-refractivity contribution < 1.29 is 28.6 Å². The summed E-state index contributed by atoms with van der Waals surface area (Å²) in [5.74, 6) is 1.59. The monoisotopic (exact) mass is 849 g/mol. The van der Waals surface area contributed by atoms with E-state index in [2.05, 4.69) is 41.5 Å². The number of rotatable bonds is 47. The zero-order valence-corrected chi connectivity index (χ0v) is 41.3. The predicted octanol–water partition coefficient (Wildman–Crippen LogP) is 17.2. The fourth-order valence-electron chi connectivity index (χ4n) is 8.12. The van der Waals surface area contributed by atoms with Crippen LogP contribution in [0, 0.1) is 17.8 Å². The van der Waals surface area contributed by atoms with Crippen LogP contribution in [-0.4, -0.2) is 37.2 Å². The van der Waals surface area contributed by atoms with Crippen molar-refractivity contribution in [3.8, 4) is 0 Å². The predicted molar refractivity (Wildman–Crippen MR) is 256 cm³/mol. The van der Waals surface area contributed by atoms with Gasteiger partial charge in [-0.2, -0.15) is 0 Å². The Bertz CT molecular complexity index is 929. The van der Waals surface area contributed by atoms with E-state index in [1.165, 1.54) is 173 Å². The molecular formula is C54H104O6. The molecule has 0 saturated carbocycles. The average molecular weight is 849 g/mol. The fraction of sp³-hybridized carbons (Fsp3) is 0.944. The highest BCUT2D eigenvalue weighted by Crippen LogP contribution is 2.18. The van der Waals surface area contributed by atoms with Gasteiger partial charge in [0.05, 0.1) is 0 Å². The van der Waals surface area contributed by atoms with Gasteiger partial charge in [-0.25, -0.2) is 0 Å². The first-order valence-electron chi connectivity index (χ1n) is 26.6. The van der Waals surface area contributed by atoms with Crippen LogP contribution in [0.15, 0.2) is 0 Å². The summed E-state index contributed by atoms with van der Waals surface area (Å²) in [6.45, 7) is 13.7. The maximum Gasteiger partial charge on any atom is 0.306 e. The van der Waals surface area contributed by atoms with E-state index >= 15 is 0 Å². The summed E-state index contributed by atoms with van der Waals surface area (Å²) >= 11 is 0. The van der Waals surface area contributed by atoms with Crippen molar-refractivity contribution in [3.05, 3.63) is 0 Å². The van der Waals surface area contributed by atoms with E-state index in [-0.39, 0.29) is 31.1 Å². The van der Waals surface area contributed by atoms with E-state index in [4.69, 9.17) is 14.2 Å². The molecule has 0 amide bonds. The Hall–Kier alpha value is -1.59. The highest BCUT2D eigenvalue weighted by Gasteiger charge is 2.19. The molecular weight excluding hydrogens is 745 g/mol. The average Bonchev–Trinajstić information content (AvgIpc) is 3.20. The quantitative estimate of drug-likeness (QED) is 0.0345. The molecule has 0 spiro atoms. The summed E-state index contributed by atoms with van der Waals surface area (Å²) in [6, 6.07) is 0. The van der Waals surface area contributed by atoms with Gasteiger partial charge >= 0.3 is 17.9 Å². The smallest absolute Gasteiger partial charge is 0.306 e. The number of ether oxygens (including phenoxy) is 3. The minimum absolute atomic E-state index is 0.0651. The van der Waals surface area contributed by atoms with Crippen molar-refractivity contribution in [2.24, 2.45) is 17.8 Å². The maximum absolute atomic E-state index is 12.8. The van der Waals surface area contributed by atoms with Gasteiger partial charge in [-0.3, -0.25) is 14.4 Å². The number of esters is 3. The summed E-state index contributed by atoms with van der Waals surface area (Å²) in [4.78, 5) is 37.9. The number of hydrogen-bond donors (Lipinski definition) is 0. The van der Waals surface area contributed by atoms with Crippen molar-refractivity contribution in [3.63, 3.8) is 0 Å². The maximum atomic E-state index is 12.8. The Morgan fingerprint density at radius 2 is 0.483 bits per heavy atom. The molecule has 0 unspecified atom stereocenters. The Morgan fingerprint density at radius 1 is 0.283 bits per heavy atom. The van der Waals surface area contributed by atoms with Crippen molar-refractivity contribution in [1.29, 1.82) is 0 Å². The number of carbonyl (C=O) groups excluding carboxylic acids is 3. The lowest BCUT2D eigenvalue weighted by atomic mass is 10.0. The van der Waals surface area contributed by atoms with E-state index in [1.807, 2.05) is 0 Å². The van der Waals surface area contributed by atoms with Gasteiger partial charge < -0.3 is 14.2 Å². The summed E-state index contributed by atoms with van der Waals surface area (Å²) < 4.78 is 16.8. The molecule has 0 saturated heterocycles. The van der Waals surface area contributed by atoms with Gasteiger partial charge in [0.2, 0.25) is 0 Å². The van der Waals surface area contributed by atoms with Gasteiger partial charge in [-0.15, -0.1) is 0 Å². The zero-order valence-electron chi connectivity index (χ0n) is 41.3. The summed E-state index contributed by atoms with van der Waals surface area (Å²) in [7, 11) is 0. The molecule has 0 aromatic rings. The highest BCUT2D eigenvalue weighted by molar-refractivity contribution is 5.71. The molecule has 0 heterocycles. The van der Waals surface area contributed by atoms with E-state index in [0.717, 1.165) is 75.5 Å². The molecule has 0 radical (unpaired) electrons. The van der Waals surface area contributed by atoms with Crippen molar-refractivity contribution >= 4 is 17.9 Å². The van der Waals surface area contributed by atoms with Gasteiger partial charge in [0.1, 0.15) is 13.2 Å². The third-order valence-corrected chi connectivity index (χ3v) is 12.1. The van der Waals surface area contributed by atoms with Crippen LogP contribution in [0.3, 0.4) is 0 Å². The second kappa shape index (κ2) is 45.4. The molecule has 0 bridgehead atoms. The lowest BCUT2D eigenvalue weighted by Gasteiger charge is -2.18. The van der Waals surface area contributed by atoms with Gasteiger partial charge in [0.15, 0.2) is 6.10 Å². The molecule has 0 N–H and O–H groups in total. The van der Waals surface area contributed by atoms with Gasteiger partial charge in [0.25, 0.3) is 0 Å².